The van der Waals surface area contributed by atoms with Crippen LogP contribution in [0.5, 0.6) is 0 Å². The van der Waals surface area contributed by atoms with E-state index >= 15 is 0 Å². The van der Waals surface area contributed by atoms with Crippen LogP contribution in [-0.4, -0.2) is 65.3 Å². The number of urea groups is 1. The minimum Gasteiger partial charge on any atom is -0.342 e. The number of carbonyl (C=O) groups is 3. The van der Waals surface area contributed by atoms with Gasteiger partial charge in [0.2, 0.25) is 5.91 Å². The molecule has 0 unspecified atom stereocenters. The average molecular weight is 350 g/mol. The summed E-state index contributed by atoms with van der Waals surface area (Å²) in [7, 11) is 3.17. The van der Waals surface area contributed by atoms with Crippen molar-refractivity contribution in [1.82, 2.24) is 14.7 Å². The van der Waals surface area contributed by atoms with Crippen molar-refractivity contribution in [2.75, 3.05) is 27.2 Å². The monoisotopic (exact) mass is 349 g/mol. The minimum absolute atomic E-state index is 0.0277. The summed E-state index contributed by atoms with van der Waals surface area (Å²) in [6.07, 6.45) is 1.27. The zero-order chi connectivity index (χ0) is 17.5. The highest BCUT2D eigenvalue weighted by atomic mass is 35.5. The fourth-order valence-electron chi connectivity index (χ4n) is 3.51. The Morgan fingerprint density at radius 1 is 1.12 bits per heavy atom. The number of hydrogen-bond acceptors (Lipinski definition) is 3. The van der Waals surface area contributed by atoms with E-state index in [0.29, 0.717) is 37.4 Å². The van der Waals surface area contributed by atoms with Crippen molar-refractivity contribution < 1.29 is 14.4 Å². The van der Waals surface area contributed by atoms with Crippen LogP contribution in [0.3, 0.4) is 0 Å². The lowest BCUT2D eigenvalue weighted by Gasteiger charge is -2.40. The fraction of sp³-hybridized carbons (Fsp3) is 0.471. The van der Waals surface area contributed by atoms with Gasteiger partial charge >= 0.3 is 6.03 Å². The van der Waals surface area contributed by atoms with Gasteiger partial charge in [-0.25, -0.2) is 4.79 Å². The summed E-state index contributed by atoms with van der Waals surface area (Å²) in [6.45, 7) is 0.952. The van der Waals surface area contributed by atoms with Crippen molar-refractivity contribution in [3.8, 4) is 0 Å². The van der Waals surface area contributed by atoms with E-state index < -0.39 is 5.54 Å². The Balaban J connectivity index is 1.64. The third kappa shape index (κ3) is 2.65. The first kappa shape index (κ1) is 16.8. The molecule has 1 spiro atoms. The second kappa shape index (κ2) is 6.09. The van der Waals surface area contributed by atoms with E-state index in [4.69, 9.17) is 11.6 Å². The van der Waals surface area contributed by atoms with Gasteiger partial charge in [0, 0.05) is 32.2 Å². The Hall–Kier alpha value is -2.08. The van der Waals surface area contributed by atoms with E-state index in [1.807, 2.05) is 12.1 Å². The summed E-state index contributed by atoms with van der Waals surface area (Å²) >= 11 is 5.85. The molecule has 0 aromatic heterocycles. The third-order valence-electron chi connectivity index (χ3n) is 5.13. The van der Waals surface area contributed by atoms with Crippen LogP contribution < -0.4 is 0 Å². The average Bonchev–Trinajstić information content (AvgIpc) is 2.74. The zero-order valence-electron chi connectivity index (χ0n) is 13.8. The standard InChI is InChI=1S/C17H20ClN3O3/c1-19-15(23)17(20(2)16(19)24)7-9-21(10-8-17)14(22)11-12-3-5-13(18)6-4-12/h3-6H,7-11H2,1-2H3. The van der Waals surface area contributed by atoms with Gasteiger partial charge in [-0.2, -0.15) is 0 Å². The van der Waals surface area contributed by atoms with Gasteiger partial charge in [0.25, 0.3) is 5.91 Å². The quantitative estimate of drug-likeness (QED) is 0.764. The second-order valence-corrected chi connectivity index (χ2v) is 6.86. The van der Waals surface area contributed by atoms with Crippen molar-refractivity contribution in [3.63, 3.8) is 0 Å². The normalized spacial score (nSPS) is 20.2. The van der Waals surface area contributed by atoms with Crippen molar-refractivity contribution in [1.29, 1.82) is 0 Å². The van der Waals surface area contributed by atoms with E-state index in [-0.39, 0.29) is 17.8 Å². The van der Waals surface area contributed by atoms with Gasteiger partial charge in [-0.3, -0.25) is 14.5 Å². The topological polar surface area (TPSA) is 60.9 Å². The highest BCUT2D eigenvalue weighted by Crippen LogP contribution is 2.35. The van der Waals surface area contributed by atoms with Crippen molar-refractivity contribution >= 4 is 29.4 Å². The molecule has 0 radical (unpaired) electrons. The molecule has 128 valence electrons. The summed E-state index contributed by atoms with van der Waals surface area (Å²) in [6, 6.07) is 6.94. The molecular formula is C17H20ClN3O3. The molecule has 0 bridgehead atoms. The van der Waals surface area contributed by atoms with Crippen LogP contribution in [0.25, 0.3) is 0 Å². The molecule has 0 atom stereocenters. The van der Waals surface area contributed by atoms with Crippen molar-refractivity contribution in [2.45, 2.75) is 24.8 Å². The van der Waals surface area contributed by atoms with Crippen LogP contribution >= 0.6 is 11.6 Å². The zero-order valence-corrected chi connectivity index (χ0v) is 14.5. The molecule has 0 aliphatic carbocycles. The summed E-state index contributed by atoms with van der Waals surface area (Å²) in [5.74, 6) is -0.139. The summed E-state index contributed by atoms with van der Waals surface area (Å²) < 4.78 is 0. The Bertz CT molecular complexity index is 681. The Kier molecular flexibility index (Phi) is 4.25. The van der Waals surface area contributed by atoms with Gasteiger partial charge in [0.15, 0.2) is 0 Å². The summed E-state index contributed by atoms with van der Waals surface area (Å²) in [4.78, 5) is 41.4. The van der Waals surface area contributed by atoms with Crippen LogP contribution in [0.15, 0.2) is 24.3 Å². The number of imide groups is 1. The highest BCUT2D eigenvalue weighted by molar-refractivity contribution is 6.30. The first-order valence-electron chi connectivity index (χ1n) is 7.93. The van der Waals surface area contributed by atoms with Crippen LogP contribution in [-0.2, 0) is 16.0 Å². The molecule has 2 aliphatic heterocycles. The largest absolute Gasteiger partial charge is 0.342 e. The molecule has 2 aliphatic rings. The number of piperidine rings is 1. The lowest BCUT2D eigenvalue weighted by Crippen LogP contribution is -2.56. The molecule has 1 aromatic carbocycles. The van der Waals surface area contributed by atoms with Gasteiger partial charge in [-0.05, 0) is 30.5 Å². The van der Waals surface area contributed by atoms with Crippen molar-refractivity contribution in [3.05, 3.63) is 34.9 Å². The predicted molar refractivity (Wildman–Crippen MR) is 89.6 cm³/mol. The Labute approximate surface area is 146 Å². The molecule has 0 N–H and O–H groups in total. The van der Waals surface area contributed by atoms with E-state index in [9.17, 15) is 14.4 Å². The number of hydrogen-bond donors (Lipinski definition) is 0. The molecule has 24 heavy (non-hydrogen) atoms. The predicted octanol–water partition coefficient (Wildman–Crippen LogP) is 1.77. The molecule has 2 fully saturated rings. The number of halogens is 1. The Morgan fingerprint density at radius 2 is 1.71 bits per heavy atom. The third-order valence-corrected chi connectivity index (χ3v) is 5.38. The number of likely N-dealkylation sites (tertiary alicyclic amines) is 1. The molecule has 0 saturated carbocycles. The number of benzene rings is 1. The van der Waals surface area contributed by atoms with Crippen LogP contribution in [0.1, 0.15) is 18.4 Å². The number of likely N-dealkylation sites (N-methyl/N-ethyl adjacent to an activating group) is 2. The number of amides is 4. The summed E-state index contributed by atoms with van der Waals surface area (Å²) in [5, 5.41) is 0.641. The lowest BCUT2D eigenvalue weighted by molar-refractivity contribution is -0.139. The van der Waals surface area contributed by atoms with Crippen LogP contribution in [0.4, 0.5) is 4.79 Å². The minimum atomic E-state index is -0.789. The van der Waals surface area contributed by atoms with E-state index in [2.05, 4.69) is 0 Å². The molecule has 2 saturated heterocycles. The molecule has 6 nitrogen and oxygen atoms in total. The van der Waals surface area contributed by atoms with Crippen LogP contribution in [0.2, 0.25) is 5.02 Å². The lowest BCUT2D eigenvalue weighted by atomic mass is 9.86. The second-order valence-electron chi connectivity index (χ2n) is 6.42. The smallest absolute Gasteiger partial charge is 0.327 e. The number of rotatable bonds is 2. The molecule has 7 heteroatoms. The highest BCUT2D eigenvalue weighted by Gasteiger charge is 2.55. The van der Waals surface area contributed by atoms with Crippen LogP contribution in [0, 0.1) is 0 Å². The molecule has 2 heterocycles. The summed E-state index contributed by atoms with van der Waals surface area (Å²) in [5.41, 5.74) is 0.122. The molecule has 4 amide bonds. The van der Waals surface area contributed by atoms with Gasteiger partial charge in [-0.1, -0.05) is 23.7 Å². The fourth-order valence-corrected chi connectivity index (χ4v) is 3.64. The maximum Gasteiger partial charge on any atom is 0.327 e. The maximum atomic E-state index is 12.5. The van der Waals surface area contributed by atoms with Gasteiger partial charge < -0.3 is 9.80 Å². The van der Waals surface area contributed by atoms with E-state index in [1.165, 1.54) is 16.8 Å². The molecular weight excluding hydrogens is 330 g/mol. The Morgan fingerprint density at radius 3 is 2.21 bits per heavy atom. The van der Waals surface area contributed by atoms with Crippen molar-refractivity contribution in [2.24, 2.45) is 0 Å². The van der Waals surface area contributed by atoms with E-state index in [0.717, 1.165) is 5.56 Å². The van der Waals surface area contributed by atoms with Gasteiger partial charge in [-0.15, -0.1) is 0 Å². The maximum absolute atomic E-state index is 12.5. The first-order valence-corrected chi connectivity index (χ1v) is 8.31. The molecule has 3 rings (SSSR count). The SMILES string of the molecule is CN1C(=O)N(C)C2(CCN(C(=O)Cc3ccc(Cl)cc3)CC2)C1=O. The number of carbonyl (C=O) groups excluding carboxylic acids is 3. The first-order chi connectivity index (χ1) is 11.3. The van der Waals surface area contributed by atoms with Gasteiger partial charge in [0.1, 0.15) is 5.54 Å². The van der Waals surface area contributed by atoms with E-state index in [1.54, 1.807) is 24.1 Å². The van der Waals surface area contributed by atoms with Gasteiger partial charge in [0.05, 0.1) is 6.42 Å². The molecule has 1 aromatic rings. The number of nitrogens with zero attached hydrogens (tertiary/aromatic N) is 3.